The van der Waals surface area contributed by atoms with E-state index in [1.165, 1.54) is 18.2 Å². The summed E-state index contributed by atoms with van der Waals surface area (Å²) in [5.41, 5.74) is 4.07. The lowest BCUT2D eigenvalue weighted by molar-refractivity contribution is -0.111. The van der Waals surface area contributed by atoms with Crippen LogP contribution in [0.3, 0.4) is 0 Å². The molecule has 0 saturated carbocycles. The van der Waals surface area contributed by atoms with Crippen LogP contribution in [0, 0.1) is 5.82 Å². The number of anilines is 4. The van der Waals surface area contributed by atoms with Crippen LogP contribution >= 0.6 is 0 Å². The number of likely N-dealkylation sites (N-methyl/N-ethyl adjacent to an activating group) is 2. The molecule has 1 atom stereocenters. The Morgan fingerprint density at radius 1 is 1.22 bits per heavy atom. The Labute approximate surface area is 209 Å². The second kappa shape index (κ2) is 9.83. The lowest BCUT2D eigenvalue weighted by Gasteiger charge is -2.29. The maximum atomic E-state index is 13.8. The molecule has 36 heavy (non-hydrogen) atoms. The van der Waals surface area contributed by atoms with Gasteiger partial charge in [0.15, 0.2) is 0 Å². The Morgan fingerprint density at radius 2 is 2.08 bits per heavy atom. The zero-order valence-electron chi connectivity index (χ0n) is 20.4. The van der Waals surface area contributed by atoms with Crippen molar-refractivity contribution in [2.75, 3.05) is 42.7 Å². The average Bonchev–Trinajstić information content (AvgIpc) is 3.50. The molecule has 2 aromatic heterocycles. The fourth-order valence-corrected chi connectivity index (χ4v) is 4.72. The van der Waals surface area contributed by atoms with Crippen LogP contribution in [0.5, 0.6) is 0 Å². The minimum Gasteiger partial charge on any atom is -0.369 e. The molecular formula is C28H29FN6O. The third-order valence-corrected chi connectivity index (χ3v) is 6.67. The second-order valence-electron chi connectivity index (χ2n) is 9.16. The van der Waals surface area contributed by atoms with E-state index in [2.05, 4.69) is 46.1 Å². The Balaban J connectivity index is 1.45. The van der Waals surface area contributed by atoms with Gasteiger partial charge in [-0.25, -0.2) is 9.37 Å². The van der Waals surface area contributed by atoms with Crippen LogP contribution in [0.15, 0.2) is 79.6 Å². The maximum Gasteiger partial charge on any atom is 0.247 e. The molecule has 0 aliphatic carbocycles. The highest BCUT2D eigenvalue weighted by molar-refractivity contribution is 6.01. The number of hydrogen-bond donors (Lipinski definition) is 2. The predicted octanol–water partition coefficient (Wildman–Crippen LogP) is 5.17. The normalized spacial score (nSPS) is 15.7. The number of aromatic nitrogens is 2. The van der Waals surface area contributed by atoms with Crippen LogP contribution in [0.4, 0.5) is 27.3 Å². The number of fused-ring (bicyclic) bond motifs is 1. The number of benzene rings is 2. The number of rotatable bonds is 7. The van der Waals surface area contributed by atoms with Crippen molar-refractivity contribution in [3.63, 3.8) is 0 Å². The maximum absolute atomic E-state index is 13.8. The lowest BCUT2D eigenvalue weighted by atomic mass is 10.1. The summed E-state index contributed by atoms with van der Waals surface area (Å²) in [5, 5.41) is 7.25. The Morgan fingerprint density at radius 3 is 2.83 bits per heavy atom. The highest BCUT2D eigenvalue weighted by Crippen LogP contribution is 2.33. The minimum absolute atomic E-state index is 0.266. The molecule has 0 spiro atoms. The van der Waals surface area contributed by atoms with Crippen molar-refractivity contribution < 1.29 is 9.18 Å². The molecule has 1 aliphatic heterocycles. The third-order valence-electron chi connectivity index (χ3n) is 6.67. The fourth-order valence-electron chi connectivity index (χ4n) is 4.72. The van der Waals surface area contributed by atoms with Gasteiger partial charge >= 0.3 is 0 Å². The molecular weight excluding hydrogens is 455 g/mol. The van der Waals surface area contributed by atoms with Gasteiger partial charge in [-0.3, -0.25) is 4.79 Å². The summed E-state index contributed by atoms with van der Waals surface area (Å²) in [5.74, 6) is 0.0846. The Bertz CT molecular complexity index is 1430. The summed E-state index contributed by atoms with van der Waals surface area (Å²) in [4.78, 5) is 21.3. The Kier molecular flexibility index (Phi) is 6.43. The van der Waals surface area contributed by atoms with Crippen molar-refractivity contribution in [1.29, 1.82) is 0 Å². The Hall–Kier alpha value is -4.17. The van der Waals surface area contributed by atoms with Gasteiger partial charge in [-0.2, -0.15) is 0 Å². The molecule has 7 nitrogen and oxygen atoms in total. The molecule has 3 heterocycles. The van der Waals surface area contributed by atoms with Gasteiger partial charge in [-0.1, -0.05) is 12.6 Å². The van der Waals surface area contributed by atoms with Gasteiger partial charge in [0.25, 0.3) is 0 Å². The van der Waals surface area contributed by atoms with Crippen LogP contribution < -0.4 is 15.5 Å². The number of pyridine rings is 1. The fraction of sp³-hybridized carbons (Fsp3) is 0.214. The number of hydrogen-bond acceptors (Lipinski definition) is 5. The predicted molar refractivity (Wildman–Crippen MR) is 144 cm³/mol. The summed E-state index contributed by atoms with van der Waals surface area (Å²) in [6, 6.07) is 16.6. The molecule has 8 heteroatoms. The highest BCUT2D eigenvalue weighted by Gasteiger charge is 2.25. The first-order chi connectivity index (χ1) is 17.4. The van der Waals surface area contributed by atoms with E-state index in [1.807, 2.05) is 47.2 Å². The first-order valence-corrected chi connectivity index (χ1v) is 11.9. The molecule has 1 aliphatic rings. The molecule has 184 valence electrons. The van der Waals surface area contributed by atoms with Crippen LogP contribution in [0.1, 0.15) is 6.42 Å². The third kappa shape index (κ3) is 4.81. The first kappa shape index (κ1) is 23.6. The number of halogens is 1. The highest BCUT2D eigenvalue weighted by atomic mass is 19.1. The van der Waals surface area contributed by atoms with Gasteiger partial charge in [0.2, 0.25) is 5.91 Å². The summed E-state index contributed by atoms with van der Waals surface area (Å²) in [7, 11) is 4.18. The van der Waals surface area contributed by atoms with Crippen molar-refractivity contribution in [3.05, 3.63) is 85.5 Å². The van der Waals surface area contributed by atoms with Crippen molar-refractivity contribution >= 4 is 39.7 Å². The van der Waals surface area contributed by atoms with Gasteiger partial charge < -0.3 is 25.0 Å². The summed E-state index contributed by atoms with van der Waals surface area (Å²) >= 11 is 0. The van der Waals surface area contributed by atoms with E-state index in [1.54, 1.807) is 12.3 Å². The van der Waals surface area contributed by atoms with Gasteiger partial charge in [-0.05, 0) is 68.6 Å². The summed E-state index contributed by atoms with van der Waals surface area (Å²) in [6.07, 6.45) is 6.02. The molecule has 5 rings (SSSR count). The van der Waals surface area contributed by atoms with Crippen molar-refractivity contribution in [1.82, 2.24) is 14.5 Å². The van der Waals surface area contributed by atoms with Gasteiger partial charge in [0.05, 0.1) is 16.9 Å². The quantitative estimate of drug-likeness (QED) is 0.354. The van der Waals surface area contributed by atoms with Crippen molar-refractivity contribution in [2.45, 2.75) is 12.5 Å². The van der Waals surface area contributed by atoms with E-state index in [0.717, 1.165) is 47.5 Å². The molecule has 1 unspecified atom stereocenters. The van der Waals surface area contributed by atoms with E-state index in [0.29, 0.717) is 17.5 Å². The van der Waals surface area contributed by atoms with Crippen LogP contribution in [-0.4, -0.2) is 53.6 Å². The molecule has 2 N–H and O–H groups in total. The van der Waals surface area contributed by atoms with E-state index >= 15 is 0 Å². The van der Waals surface area contributed by atoms with Crippen LogP contribution in [0.2, 0.25) is 0 Å². The first-order valence-electron chi connectivity index (χ1n) is 11.9. The zero-order chi connectivity index (χ0) is 25.2. The van der Waals surface area contributed by atoms with E-state index in [4.69, 9.17) is 0 Å². The molecule has 1 fully saturated rings. The molecule has 2 aromatic carbocycles. The average molecular weight is 485 g/mol. The van der Waals surface area contributed by atoms with E-state index in [9.17, 15) is 9.18 Å². The van der Waals surface area contributed by atoms with E-state index < -0.39 is 0 Å². The SMILES string of the molecule is C=CC(=O)Nc1cc(Nc2cc3c(ccn3-c3cccc(F)c3)cn2)ccc1N(C)C1CCN(C)C1. The summed E-state index contributed by atoms with van der Waals surface area (Å²) < 4.78 is 15.7. The molecule has 4 aromatic rings. The number of likely N-dealkylation sites (tertiary alicyclic amines) is 1. The van der Waals surface area contributed by atoms with Crippen molar-refractivity contribution in [3.8, 4) is 5.69 Å². The van der Waals surface area contributed by atoms with Gasteiger partial charge in [-0.15, -0.1) is 0 Å². The van der Waals surface area contributed by atoms with Gasteiger partial charge in [0, 0.05) is 54.9 Å². The molecule has 1 saturated heterocycles. The van der Waals surface area contributed by atoms with E-state index in [-0.39, 0.29) is 11.7 Å². The van der Waals surface area contributed by atoms with Gasteiger partial charge in [0.1, 0.15) is 11.6 Å². The number of amides is 1. The van der Waals surface area contributed by atoms with Crippen LogP contribution in [0.25, 0.3) is 16.6 Å². The lowest BCUT2D eigenvalue weighted by Crippen LogP contribution is -2.34. The molecule has 0 bridgehead atoms. The minimum atomic E-state index is -0.287. The van der Waals surface area contributed by atoms with Crippen LogP contribution in [-0.2, 0) is 4.79 Å². The standard InChI is InChI=1S/C28H29FN6O/c1-4-28(36)32-24-15-21(8-9-25(24)34(3)23-11-12-33(2)18-23)31-27-16-26-19(17-30-27)10-13-35(26)22-7-5-6-20(29)14-22/h4-10,13-17,23H,1,11-12,18H2,2-3H3,(H,30,31)(H,32,36). The number of nitrogens with one attached hydrogen (secondary N) is 2. The zero-order valence-corrected chi connectivity index (χ0v) is 20.4. The number of nitrogens with zero attached hydrogens (tertiary/aromatic N) is 4. The smallest absolute Gasteiger partial charge is 0.247 e. The number of carbonyl (C=O) groups is 1. The van der Waals surface area contributed by atoms with Crippen molar-refractivity contribution in [2.24, 2.45) is 0 Å². The topological polar surface area (TPSA) is 65.4 Å². The molecule has 0 radical (unpaired) electrons. The number of carbonyl (C=O) groups excluding carboxylic acids is 1. The summed E-state index contributed by atoms with van der Waals surface area (Å²) in [6.45, 7) is 5.61. The molecule has 1 amide bonds. The largest absolute Gasteiger partial charge is 0.369 e. The monoisotopic (exact) mass is 484 g/mol. The second-order valence-corrected chi connectivity index (χ2v) is 9.16.